The zero-order valence-corrected chi connectivity index (χ0v) is 16.4. The van der Waals surface area contributed by atoms with Crippen molar-refractivity contribution in [2.45, 2.75) is 32.7 Å². The van der Waals surface area contributed by atoms with Crippen molar-refractivity contribution in [3.63, 3.8) is 0 Å². The predicted octanol–water partition coefficient (Wildman–Crippen LogP) is 3.72. The molecule has 0 bridgehead atoms. The van der Waals surface area contributed by atoms with Gasteiger partial charge in [-0.15, -0.1) is 0 Å². The van der Waals surface area contributed by atoms with Crippen molar-refractivity contribution in [3.8, 4) is 17.1 Å². The number of ether oxygens (including phenoxy) is 1. The average Bonchev–Trinajstić information content (AvgIpc) is 3.11. The van der Waals surface area contributed by atoms with Crippen LogP contribution in [0.2, 0.25) is 0 Å². The molecule has 1 aromatic heterocycles. The monoisotopic (exact) mass is 391 g/mol. The molecule has 0 spiro atoms. The summed E-state index contributed by atoms with van der Waals surface area (Å²) in [6.45, 7) is 7.03. The van der Waals surface area contributed by atoms with Crippen molar-refractivity contribution < 1.29 is 23.6 Å². The van der Waals surface area contributed by atoms with E-state index in [-0.39, 0.29) is 22.9 Å². The van der Waals surface area contributed by atoms with E-state index in [0.717, 1.165) is 25.9 Å². The number of hydrogen-bond donors (Lipinski definition) is 2. The standard InChI is InChI=1S/C20H26FN3O4/c1-12(2)24-8-4-5-13(11-24)10-22-19-17(20(25)26)18(28-23-19)14-6-7-15(21)16(9-14)27-3/h6-7,9,12-13H,4-5,8,10-11H2,1-3H3,(H,22,23)(H,25,26). The number of carboxylic acids is 1. The maximum atomic E-state index is 13.7. The van der Waals surface area contributed by atoms with Crippen molar-refractivity contribution >= 4 is 11.8 Å². The van der Waals surface area contributed by atoms with Crippen LogP contribution in [0.1, 0.15) is 37.0 Å². The lowest BCUT2D eigenvalue weighted by Gasteiger charge is -2.35. The Morgan fingerprint density at radius 1 is 1.50 bits per heavy atom. The van der Waals surface area contributed by atoms with E-state index < -0.39 is 11.8 Å². The van der Waals surface area contributed by atoms with Gasteiger partial charge in [0.2, 0.25) is 0 Å². The summed E-state index contributed by atoms with van der Waals surface area (Å²) in [6, 6.07) is 4.53. The summed E-state index contributed by atoms with van der Waals surface area (Å²) in [6.07, 6.45) is 2.20. The van der Waals surface area contributed by atoms with E-state index >= 15 is 0 Å². The minimum absolute atomic E-state index is 0.00994. The molecular weight excluding hydrogens is 365 g/mol. The number of halogens is 1. The largest absolute Gasteiger partial charge is 0.494 e. The van der Waals surface area contributed by atoms with Gasteiger partial charge >= 0.3 is 5.97 Å². The molecule has 1 aromatic carbocycles. The van der Waals surface area contributed by atoms with Gasteiger partial charge in [-0.05, 0) is 57.4 Å². The number of benzene rings is 1. The van der Waals surface area contributed by atoms with Crippen LogP contribution in [0.25, 0.3) is 11.3 Å². The van der Waals surface area contributed by atoms with Crippen molar-refractivity contribution in [1.82, 2.24) is 10.1 Å². The van der Waals surface area contributed by atoms with E-state index in [9.17, 15) is 14.3 Å². The molecule has 8 heteroatoms. The Kier molecular flexibility index (Phi) is 6.18. The van der Waals surface area contributed by atoms with Gasteiger partial charge in [-0.3, -0.25) is 0 Å². The third-order valence-electron chi connectivity index (χ3n) is 5.16. The second-order valence-corrected chi connectivity index (χ2v) is 7.37. The number of carboxylic acid groups (broad SMARTS) is 1. The fourth-order valence-electron chi connectivity index (χ4n) is 3.58. The van der Waals surface area contributed by atoms with Gasteiger partial charge in [0, 0.05) is 24.7 Å². The Labute approximate surface area is 163 Å². The number of carbonyl (C=O) groups is 1. The summed E-state index contributed by atoms with van der Waals surface area (Å²) in [5, 5.41) is 16.7. The second kappa shape index (κ2) is 8.60. The molecule has 1 fully saturated rings. The highest BCUT2D eigenvalue weighted by molar-refractivity contribution is 5.99. The highest BCUT2D eigenvalue weighted by Crippen LogP contribution is 2.33. The van der Waals surface area contributed by atoms with E-state index in [4.69, 9.17) is 9.26 Å². The number of nitrogens with one attached hydrogen (secondary N) is 1. The lowest BCUT2D eigenvalue weighted by molar-refractivity contribution is 0.0698. The van der Waals surface area contributed by atoms with E-state index in [1.807, 2.05) is 0 Å². The lowest BCUT2D eigenvalue weighted by Crippen LogP contribution is -2.41. The number of aromatic carboxylic acids is 1. The molecule has 152 valence electrons. The molecule has 1 atom stereocenters. The second-order valence-electron chi connectivity index (χ2n) is 7.37. The molecule has 3 rings (SSSR count). The number of likely N-dealkylation sites (tertiary alicyclic amines) is 1. The number of rotatable bonds is 7. The smallest absolute Gasteiger partial charge is 0.343 e. The van der Waals surface area contributed by atoms with E-state index in [1.54, 1.807) is 0 Å². The van der Waals surface area contributed by atoms with Gasteiger partial charge in [-0.25, -0.2) is 9.18 Å². The Morgan fingerprint density at radius 3 is 2.96 bits per heavy atom. The Bertz CT molecular complexity index is 837. The average molecular weight is 391 g/mol. The number of piperidine rings is 1. The molecule has 1 aliphatic rings. The molecule has 0 aliphatic carbocycles. The molecule has 0 saturated carbocycles. The molecule has 1 aliphatic heterocycles. The molecule has 0 amide bonds. The zero-order chi connectivity index (χ0) is 20.3. The van der Waals surface area contributed by atoms with E-state index in [1.165, 1.54) is 25.3 Å². The lowest BCUT2D eigenvalue weighted by atomic mass is 9.97. The molecule has 2 N–H and O–H groups in total. The van der Waals surface area contributed by atoms with Gasteiger partial charge in [-0.2, -0.15) is 0 Å². The van der Waals surface area contributed by atoms with E-state index in [2.05, 4.69) is 29.2 Å². The highest BCUT2D eigenvalue weighted by Gasteiger charge is 2.26. The van der Waals surface area contributed by atoms with Gasteiger partial charge < -0.3 is 24.6 Å². The Hall–Kier alpha value is -2.61. The fourth-order valence-corrected chi connectivity index (χ4v) is 3.58. The topological polar surface area (TPSA) is 87.8 Å². The molecule has 0 radical (unpaired) electrons. The van der Waals surface area contributed by atoms with Crippen LogP contribution in [0, 0.1) is 11.7 Å². The summed E-state index contributed by atoms with van der Waals surface area (Å²) >= 11 is 0. The Balaban J connectivity index is 1.79. The summed E-state index contributed by atoms with van der Waals surface area (Å²) < 4.78 is 23.9. The zero-order valence-electron chi connectivity index (χ0n) is 16.4. The number of hydrogen-bond acceptors (Lipinski definition) is 6. The van der Waals surface area contributed by atoms with Gasteiger partial charge in [0.15, 0.2) is 28.7 Å². The van der Waals surface area contributed by atoms with Crippen molar-refractivity contribution in [3.05, 3.63) is 29.6 Å². The van der Waals surface area contributed by atoms with Gasteiger partial charge in [0.25, 0.3) is 0 Å². The third-order valence-corrected chi connectivity index (χ3v) is 5.16. The first-order valence-electron chi connectivity index (χ1n) is 9.45. The summed E-state index contributed by atoms with van der Waals surface area (Å²) in [5.41, 5.74) is 0.324. The molecule has 2 aromatic rings. The molecule has 2 heterocycles. The van der Waals surface area contributed by atoms with Gasteiger partial charge in [0.05, 0.1) is 7.11 Å². The van der Waals surface area contributed by atoms with Crippen molar-refractivity contribution in [1.29, 1.82) is 0 Å². The minimum Gasteiger partial charge on any atom is -0.494 e. The fraction of sp³-hybridized carbons (Fsp3) is 0.500. The van der Waals surface area contributed by atoms with Gasteiger partial charge in [-0.1, -0.05) is 5.16 Å². The van der Waals surface area contributed by atoms with Crippen LogP contribution in [0.15, 0.2) is 22.7 Å². The maximum absolute atomic E-state index is 13.7. The number of methoxy groups -OCH3 is 1. The third kappa shape index (κ3) is 4.27. The molecule has 1 unspecified atom stereocenters. The summed E-state index contributed by atoms with van der Waals surface area (Å²) in [5.74, 6) is -1.02. The molecule has 28 heavy (non-hydrogen) atoms. The van der Waals surface area contributed by atoms with Crippen LogP contribution >= 0.6 is 0 Å². The number of anilines is 1. The van der Waals surface area contributed by atoms with Crippen LogP contribution in [0.4, 0.5) is 10.2 Å². The highest BCUT2D eigenvalue weighted by atomic mass is 19.1. The van der Waals surface area contributed by atoms with Crippen LogP contribution in [-0.2, 0) is 0 Å². The van der Waals surface area contributed by atoms with Crippen LogP contribution in [-0.4, -0.2) is 53.9 Å². The van der Waals surface area contributed by atoms with Crippen LogP contribution in [0.5, 0.6) is 5.75 Å². The van der Waals surface area contributed by atoms with Crippen LogP contribution < -0.4 is 10.1 Å². The predicted molar refractivity (Wildman–Crippen MR) is 103 cm³/mol. The van der Waals surface area contributed by atoms with Crippen molar-refractivity contribution in [2.75, 3.05) is 32.1 Å². The Morgan fingerprint density at radius 2 is 2.29 bits per heavy atom. The molecule has 1 saturated heterocycles. The normalized spacial score (nSPS) is 17.7. The maximum Gasteiger partial charge on any atom is 0.343 e. The SMILES string of the molecule is COc1cc(-c2onc(NCC3CCCN(C(C)C)C3)c2C(=O)O)ccc1F. The first-order chi connectivity index (χ1) is 13.4. The summed E-state index contributed by atoms with van der Waals surface area (Å²) in [4.78, 5) is 14.3. The quantitative estimate of drug-likeness (QED) is 0.744. The number of aromatic nitrogens is 1. The molecular formula is C20H26FN3O4. The van der Waals surface area contributed by atoms with Crippen LogP contribution in [0.3, 0.4) is 0 Å². The first-order valence-corrected chi connectivity index (χ1v) is 9.45. The first kappa shape index (κ1) is 20.1. The van der Waals surface area contributed by atoms with Crippen molar-refractivity contribution in [2.24, 2.45) is 5.92 Å². The molecule has 7 nitrogen and oxygen atoms in total. The summed E-state index contributed by atoms with van der Waals surface area (Å²) in [7, 11) is 1.35. The number of nitrogens with zero attached hydrogens (tertiary/aromatic N) is 2. The van der Waals surface area contributed by atoms with E-state index in [0.29, 0.717) is 24.1 Å². The van der Waals surface area contributed by atoms with Gasteiger partial charge in [0.1, 0.15) is 0 Å². The minimum atomic E-state index is -1.16.